The molecule has 0 atom stereocenters. The highest BCUT2D eigenvalue weighted by Gasteiger charge is 2.04. The Hall–Kier alpha value is -1.30. The van der Waals surface area contributed by atoms with Crippen LogP contribution >= 0.6 is 11.9 Å². The highest BCUT2D eigenvalue weighted by Crippen LogP contribution is 1.95. The molecule has 0 saturated carbocycles. The van der Waals surface area contributed by atoms with Crippen molar-refractivity contribution in [3.63, 3.8) is 0 Å². The Morgan fingerprint density at radius 1 is 1.58 bits per heavy atom. The zero-order valence-electron chi connectivity index (χ0n) is 6.34. The van der Waals surface area contributed by atoms with Gasteiger partial charge in [-0.05, 0) is 18.0 Å². The molecule has 12 heavy (non-hydrogen) atoms. The van der Waals surface area contributed by atoms with Crippen LogP contribution < -0.4 is 5.69 Å². The third kappa shape index (κ3) is 0.918. The number of rotatable bonds is 1. The molecule has 0 N–H and O–H groups in total. The Balaban J connectivity index is 2.88. The first-order valence-electron chi connectivity index (χ1n) is 3.30. The zero-order chi connectivity index (χ0) is 8.55. The summed E-state index contributed by atoms with van der Waals surface area (Å²) in [4.78, 5) is 15.3. The second-order valence-corrected chi connectivity index (χ2v) is 2.84. The SMILES string of the molecule is CSn1nc2ncccn2c1=O. The van der Waals surface area contributed by atoms with E-state index < -0.39 is 0 Å². The lowest BCUT2D eigenvalue weighted by Crippen LogP contribution is -2.15. The Morgan fingerprint density at radius 2 is 2.42 bits per heavy atom. The quantitative estimate of drug-likeness (QED) is 0.623. The van der Waals surface area contributed by atoms with Crippen LogP contribution in [0.2, 0.25) is 0 Å². The summed E-state index contributed by atoms with van der Waals surface area (Å²) in [6.45, 7) is 0. The fourth-order valence-corrected chi connectivity index (χ4v) is 1.32. The van der Waals surface area contributed by atoms with E-state index in [2.05, 4.69) is 10.1 Å². The number of nitrogens with zero attached hydrogens (tertiary/aromatic N) is 4. The average Bonchev–Trinajstić information content (AvgIpc) is 2.44. The molecule has 0 fully saturated rings. The highest BCUT2D eigenvalue weighted by molar-refractivity contribution is 7.97. The molecule has 2 aromatic heterocycles. The Kier molecular flexibility index (Phi) is 1.61. The maximum Gasteiger partial charge on any atom is 0.362 e. The lowest BCUT2D eigenvalue weighted by atomic mass is 10.7. The van der Waals surface area contributed by atoms with Gasteiger partial charge in [0.2, 0.25) is 0 Å². The van der Waals surface area contributed by atoms with E-state index in [0.29, 0.717) is 5.78 Å². The van der Waals surface area contributed by atoms with Crippen molar-refractivity contribution in [3.05, 3.63) is 28.9 Å². The van der Waals surface area contributed by atoms with E-state index >= 15 is 0 Å². The van der Waals surface area contributed by atoms with Crippen molar-refractivity contribution in [3.8, 4) is 0 Å². The molecule has 0 aliphatic heterocycles. The molecule has 2 aromatic rings. The van der Waals surface area contributed by atoms with Gasteiger partial charge in [-0.1, -0.05) is 0 Å². The van der Waals surface area contributed by atoms with E-state index in [9.17, 15) is 4.79 Å². The van der Waals surface area contributed by atoms with E-state index in [-0.39, 0.29) is 5.69 Å². The summed E-state index contributed by atoms with van der Waals surface area (Å²) in [6.07, 6.45) is 5.03. The van der Waals surface area contributed by atoms with Crippen LogP contribution in [0.3, 0.4) is 0 Å². The van der Waals surface area contributed by atoms with Crippen molar-refractivity contribution in [1.82, 2.24) is 18.6 Å². The third-order valence-corrected chi connectivity index (χ3v) is 2.03. The smallest absolute Gasteiger partial charge is 0.244 e. The summed E-state index contributed by atoms with van der Waals surface area (Å²) in [7, 11) is 0. The van der Waals surface area contributed by atoms with Crippen LogP contribution in [0.1, 0.15) is 0 Å². The summed E-state index contributed by atoms with van der Waals surface area (Å²) < 4.78 is 2.69. The topological polar surface area (TPSA) is 52.2 Å². The van der Waals surface area contributed by atoms with Crippen molar-refractivity contribution >= 4 is 17.7 Å². The molecule has 0 amide bonds. The van der Waals surface area contributed by atoms with Gasteiger partial charge in [0.05, 0.1) is 0 Å². The maximum absolute atomic E-state index is 11.4. The van der Waals surface area contributed by atoms with Gasteiger partial charge in [0, 0.05) is 18.6 Å². The van der Waals surface area contributed by atoms with Crippen molar-refractivity contribution < 1.29 is 0 Å². The average molecular weight is 182 g/mol. The number of hydrogen-bond acceptors (Lipinski definition) is 4. The fraction of sp³-hybridized carbons (Fsp3) is 0.167. The van der Waals surface area contributed by atoms with Crippen LogP contribution in [-0.4, -0.2) is 24.8 Å². The molecule has 5 nitrogen and oxygen atoms in total. The summed E-state index contributed by atoms with van der Waals surface area (Å²) in [6, 6.07) is 1.70. The molecule has 0 aliphatic rings. The van der Waals surface area contributed by atoms with Crippen LogP contribution in [-0.2, 0) is 0 Å². The van der Waals surface area contributed by atoms with Gasteiger partial charge in [-0.2, -0.15) is 0 Å². The van der Waals surface area contributed by atoms with Gasteiger partial charge in [-0.3, -0.25) is 0 Å². The van der Waals surface area contributed by atoms with Crippen molar-refractivity contribution in [2.75, 3.05) is 6.26 Å². The first-order chi connectivity index (χ1) is 5.83. The maximum atomic E-state index is 11.4. The second kappa shape index (κ2) is 2.63. The van der Waals surface area contributed by atoms with E-state index in [1.807, 2.05) is 0 Å². The first-order valence-corrected chi connectivity index (χ1v) is 4.48. The Bertz CT molecular complexity index is 460. The predicted octanol–water partition coefficient (Wildman–Crippen LogP) is 0.0171. The van der Waals surface area contributed by atoms with Gasteiger partial charge in [0.15, 0.2) is 0 Å². The van der Waals surface area contributed by atoms with Gasteiger partial charge in [-0.25, -0.2) is 14.2 Å². The standard InChI is InChI=1S/C6H6N4OS/c1-12-10-6(11)9-4-2-3-7-5(9)8-10/h2-4H,1H3. The van der Waals surface area contributed by atoms with Crippen LogP contribution in [0, 0.1) is 0 Å². The molecule has 2 heterocycles. The molecular formula is C6H6N4OS. The molecule has 0 aliphatic carbocycles. The van der Waals surface area contributed by atoms with Gasteiger partial charge in [-0.15, -0.1) is 9.19 Å². The van der Waals surface area contributed by atoms with Gasteiger partial charge >= 0.3 is 5.69 Å². The van der Waals surface area contributed by atoms with E-state index in [1.165, 1.54) is 20.4 Å². The molecule has 2 rings (SSSR count). The molecule has 0 spiro atoms. The molecule has 62 valence electrons. The summed E-state index contributed by atoms with van der Waals surface area (Å²) in [5, 5.41) is 3.95. The minimum atomic E-state index is -0.175. The monoisotopic (exact) mass is 182 g/mol. The lowest BCUT2D eigenvalue weighted by molar-refractivity contribution is 0.958. The number of fused-ring (bicyclic) bond motifs is 1. The van der Waals surface area contributed by atoms with Crippen LogP contribution in [0.25, 0.3) is 5.78 Å². The predicted molar refractivity (Wildman–Crippen MR) is 46.2 cm³/mol. The molecule has 6 heteroatoms. The van der Waals surface area contributed by atoms with Crippen LogP contribution in [0.4, 0.5) is 0 Å². The molecule has 0 bridgehead atoms. The van der Waals surface area contributed by atoms with Crippen LogP contribution in [0.15, 0.2) is 23.3 Å². The van der Waals surface area contributed by atoms with E-state index in [0.717, 1.165) is 0 Å². The van der Waals surface area contributed by atoms with Gasteiger partial charge in [0.25, 0.3) is 5.78 Å². The molecule has 0 radical (unpaired) electrons. The number of aromatic nitrogens is 4. The third-order valence-electron chi connectivity index (χ3n) is 1.45. The number of hydrogen-bond donors (Lipinski definition) is 0. The summed E-state index contributed by atoms with van der Waals surface area (Å²) in [5.41, 5.74) is -0.175. The highest BCUT2D eigenvalue weighted by atomic mass is 32.2. The minimum absolute atomic E-state index is 0.175. The molecule has 0 unspecified atom stereocenters. The Morgan fingerprint density at radius 3 is 3.08 bits per heavy atom. The van der Waals surface area contributed by atoms with Crippen molar-refractivity contribution in [1.29, 1.82) is 0 Å². The van der Waals surface area contributed by atoms with Crippen LogP contribution in [0.5, 0.6) is 0 Å². The minimum Gasteiger partial charge on any atom is -0.244 e. The van der Waals surface area contributed by atoms with Gasteiger partial charge in [0.1, 0.15) is 0 Å². The lowest BCUT2D eigenvalue weighted by Gasteiger charge is -1.84. The summed E-state index contributed by atoms with van der Waals surface area (Å²) >= 11 is 1.25. The molecular weight excluding hydrogens is 176 g/mol. The normalized spacial score (nSPS) is 10.8. The summed E-state index contributed by atoms with van der Waals surface area (Å²) in [5.74, 6) is 0.428. The first kappa shape index (κ1) is 7.35. The largest absolute Gasteiger partial charge is 0.362 e. The van der Waals surface area contributed by atoms with Crippen molar-refractivity contribution in [2.24, 2.45) is 0 Å². The zero-order valence-corrected chi connectivity index (χ0v) is 7.15. The molecule has 0 saturated heterocycles. The van der Waals surface area contributed by atoms with E-state index in [4.69, 9.17) is 0 Å². The molecule has 0 aromatic carbocycles. The van der Waals surface area contributed by atoms with E-state index in [1.54, 1.807) is 24.7 Å². The Labute approximate surface area is 72.2 Å². The van der Waals surface area contributed by atoms with Gasteiger partial charge < -0.3 is 0 Å². The second-order valence-electron chi connectivity index (χ2n) is 2.13. The fourth-order valence-electron chi connectivity index (χ4n) is 0.922. The van der Waals surface area contributed by atoms with Crippen molar-refractivity contribution in [2.45, 2.75) is 0 Å².